The van der Waals surface area contributed by atoms with Crippen molar-refractivity contribution in [2.45, 2.75) is 44.3 Å². The lowest BCUT2D eigenvalue weighted by Crippen LogP contribution is -2.16. The molecule has 3 atom stereocenters. The SMILES string of the molecule is Clc1cccc(Cl)c1-c1noc(C2CC2)c1COC1CC2CNC[C@@H]2C1. The summed E-state index contributed by atoms with van der Waals surface area (Å²) in [6.07, 6.45) is 4.91. The molecule has 0 amide bonds. The predicted molar refractivity (Wildman–Crippen MR) is 102 cm³/mol. The van der Waals surface area contributed by atoms with Crippen molar-refractivity contribution >= 4 is 23.2 Å². The van der Waals surface area contributed by atoms with Crippen molar-refractivity contribution in [2.24, 2.45) is 11.8 Å². The van der Waals surface area contributed by atoms with Gasteiger partial charge >= 0.3 is 0 Å². The number of fused-ring (bicyclic) bond motifs is 1. The van der Waals surface area contributed by atoms with E-state index in [1.54, 1.807) is 0 Å². The Morgan fingerprint density at radius 2 is 1.81 bits per heavy atom. The first-order chi connectivity index (χ1) is 12.7. The van der Waals surface area contributed by atoms with E-state index in [0.717, 1.165) is 73.2 Å². The third-order valence-corrected chi connectivity index (χ3v) is 6.67. The third kappa shape index (κ3) is 3.07. The van der Waals surface area contributed by atoms with E-state index in [9.17, 15) is 0 Å². The molecule has 1 aromatic heterocycles. The van der Waals surface area contributed by atoms with Gasteiger partial charge in [0.1, 0.15) is 11.5 Å². The molecule has 138 valence electrons. The molecule has 0 radical (unpaired) electrons. The van der Waals surface area contributed by atoms with E-state index in [1.807, 2.05) is 18.2 Å². The van der Waals surface area contributed by atoms with Crippen LogP contribution in [0, 0.1) is 11.8 Å². The van der Waals surface area contributed by atoms with Gasteiger partial charge in [0.15, 0.2) is 0 Å². The van der Waals surface area contributed by atoms with Gasteiger partial charge < -0.3 is 14.6 Å². The minimum absolute atomic E-state index is 0.323. The highest BCUT2D eigenvalue weighted by Gasteiger charge is 2.39. The molecular formula is C20H22Cl2N2O2. The van der Waals surface area contributed by atoms with Gasteiger partial charge in [-0.1, -0.05) is 34.4 Å². The fourth-order valence-corrected chi connectivity index (χ4v) is 5.07. The van der Waals surface area contributed by atoms with Crippen LogP contribution < -0.4 is 5.32 Å². The summed E-state index contributed by atoms with van der Waals surface area (Å²) in [6, 6.07) is 5.52. The molecular weight excluding hydrogens is 371 g/mol. The van der Waals surface area contributed by atoms with E-state index < -0.39 is 0 Å². The summed E-state index contributed by atoms with van der Waals surface area (Å²) in [5.74, 6) is 2.95. The molecule has 3 fully saturated rings. The van der Waals surface area contributed by atoms with Gasteiger partial charge in [-0.25, -0.2) is 0 Å². The smallest absolute Gasteiger partial charge is 0.145 e. The van der Waals surface area contributed by atoms with Crippen LogP contribution in [-0.4, -0.2) is 24.4 Å². The highest BCUT2D eigenvalue weighted by Crippen LogP contribution is 2.46. The summed E-state index contributed by atoms with van der Waals surface area (Å²) >= 11 is 12.8. The Morgan fingerprint density at radius 3 is 2.46 bits per heavy atom. The lowest BCUT2D eigenvalue weighted by atomic mass is 10.0. The number of aromatic nitrogens is 1. The second-order valence-corrected chi connectivity index (χ2v) is 8.64. The second kappa shape index (κ2) is 6.83. The van der Waals surface area contributed by atoms with Crippen LogP contribution in [0.3, 0.4) is 0 Å². The number of hydrogen-bond donors (Lipinski definition) is 1. The number of ether oxygens (including phenoxy) is 1. The largest absolute Gasteiger partial charge is 0.373 e. The molecule has 0 spiro atoms. The third-order valence-electron chi connectivity index (χ3n) is 6.04. The average Bonchev–Trinajstić information content (AvgIpc) is 3.04. The van der Waals surface area contributed by atoms with Gasteiger partial charge in [-0.2, -0.15) is 0 Å². The van der Waals surface area contributed by atoms with Crippen molar-refractivity contribution < 1.29 is 9.26 Å². The molecule has 1 N–H and O–H groups in total. The van der Waals surface area contributed by atoms with Crippen LogP contribution in [0.25, 0.3) is 11.3 Å². The minimum Gasteiger partial charge on any atom is -0.373 e. The van der Waals surface area contributed by atoms with E-state index >= 15 is 0 Å². The standard InChI is InChI=1S/C20H22Cl2N2O2/c21-16-2-1-3-17(22)18(16)19-15(20(26-24-19)11-4-5-11)10-25-14-6-12-8-23-9-13(12)7-14/h1-3,11-14,23H,4-10H2/t12-,13?,14?/m0/s1. The van der Waals surface area contributed by atoms with E-state index in [-0.39, 0.29) is 0 Å². The molecule has 4 nitrogen and oxygen atoms in total. The highest BCUT2D eigenvalue weighted by molar-refractivity contribution is 6.39. The molecule has 3 aliphatic rings. The Kier molecular flexibility index (Phi) is 4.48. The summed E-state index contributed by atoms with van der Waals surface area (Å²) in [5, 5.41) is 9.00. The van der Waals surface area contributed by atoms with Crippen molar-refractivity contribution in [3.63, 3.8) is 0 Å². The Morgan fingerprint density at radius 1 is 1.12 bits per heavy atom. The van der Waals surface area contributed by atoms with Gasteiger partial charge in [0.2, 0.25) is 0 Å². The summed E-state index contributed by atoms with van der Waals surface area (Å²) in [7, 11) is 0. The van der Waals surface area contributed by atoms with Crippen molar-refractivity contribution in [1.82, 2.24) is 10.5 Å². The van der Waals surface area contributed by atoms with E-state index in [4.69, 9.17) is 32.5 Å². The van der Waals surface area contributed by atoms with Crippen LogP contribution in [-0.2, 0) is 11.3 Å². The molecule has 2 heterocycles. The lowest BCUT2D eigenvalue weighted by Gasteiger charge is -2.14. The lowest BCUT2D eigenvalue weighted by molar-refractivity contribution is 0.0398. The fraction of sp³-hybridized carbons (Fsp3) is 0.550. The molecule has 2 saturated carbocycles. The summed E-state index contributed by atoms with van der Waals surface area (Å²) < 4.78 is 12.0. The summed E-state index contributed by atoms with van der Waals surface area (Å²) in [6.45, 7) is 2.78. The molecule has 1 aliphatic heterocycles. The van der Waals surface area contributed by atoms with Crippen LogP contribution in [0.15, 0.2) is 22.7 Å². The molecule has 0 bridgehead atoms. The Labute approximate surface area is 163 Å². The van der Waals surface area contributed by atoms with Gasteiger partial charge in [-0.15, -0.1) is 0 Å². The number of nitrogens with zero attached hydrogens (tertiary/aromatic N) is 1. The molecule has 5 rings (SSSR count). The zero-order chi connectivity index (χ0) is 17.7. The van der Waals surface area contributed by atoms with Crippen LogP contribution >= 0.6 is 23.2 Å². The number of nitrogens with one attached hydrogen (secondary N) is 1. The van der Waals surface area contributed by atoms with Crippen LogP contribution in [0.5, 0.6) is 0 Å². The van der Waals surface area contributed by atoms with Crippen molar-refractivity contribution in [2.75, 3.05) is 13.1 Å². The Balaban J connectivity index is 1.41. The van der Waals surface area contributed by atoms with Crippen LogP contribution in [0.2, 0.25) is 10.0 Å². The van der Waals surface area contributed by atoms with Gasteiger partial charge in [-0.3, -0.25) is 0 Å². The number of rotatable bonds is 5. The highest BCUT2D eigenvalue weighted by atomic mass is 35.5. The molecule has 2 aromatic rings. The van der Waals surface area contributed by atoms with Crippen LogP contribution in [0.1, 0.15) is 42.9 Å². The van der Waals surface area contributed by atoms with E-state index in [2.05, 4.69) is 10.5 Å². The number of halogens is 2. The molecule has 2 aliphatic carbocycles. The van der Waals surface area contributed by atoms with Crippen molar-refractivity contribution in [3.8, 4) is 11.3 Å². The molecule has 1 saturated heterocycles. The molecule has 2 unspecified atom stereocenters. The first-order valence-electron chi connectivity index (χ1n) is 9.46. The molecule has 6 heteroatoms. The Hall–Kier alpha value is -1.07. The normalized spacial score (nSPS) is 27.8. The van der Waals surface area contributed by atoms with Crippen LogP contribution in [0.4, 0.5) is 0 Å². The average molecular weight is 393 g/mol. The second-order valence-electron chi connectivity index (χ2n) is 7.83. The predicted octanol–water partition coefficient (Wildman–Crippen LogP) is 5.04. The first kappa shape index (κ1) is 17.1. The van der Waals surface area contributed by atoms with Gasteiger partial charge in [0.05, 0.1) is 22.8 Å². The Bertz CT molecular complexity index is 786. The van der Waals surface area contributed by atoms with Crippen molar-refractivity contribution in [1.29, 1.82) is 0 Å². The van der Waals surface area contributed by atoms with E-state index in [0.29, 0.717) is 28.7 Å². The number of hydrogen-bond acceptors (Lipinski definition) is 4. The maximum Gasteiger partial charge on any atom is 0.145 e. The summed E-state index contributed by atoms with van der Waals surface area (Å²) in [4.78, 5) is 0. The monoisotopic (exact) mass is 392 g/mol. The number of benzene rings is 1. The topological polar surface area (TPSA) is 47.3 Å². The fourth-order valence-electron chi connectivity index (χ4n) is 4.50. The maximum atomic E-state index is 6.42. The van der Waals surface area contributed by atoms with Gasteiger partial charge in [-0.05, 0) is 62.7 Å². The maximum absolute atomic E-state index is 6.42. The van der Waals surface area contributed by atoms with Gasteiger partial charge in [0.25, 0.3) is 0 Å². The first-order valence-corrected chi connectivity index (χ1v) is 10.2. The molecule has 26 heavy (non-hydrogen) atoms. The quantitative estimate of drug-likeness (QED) is 0.773. The van der Waals surface area contributed by atoms with Crippen molar-refractivity contribution in [3.05, 3.63) is 39.6 Å². The zero-order valence-corrected chi connectivity index (χ0v) is 16.0. The van der Waals surface area contributed by atoms with Gasteiger partial charge in [0, 0.05) is 17.0 Å². The summed E-state index contributed by atoms with van der Waals surface area (Å²) in [5.41, 5.74) is 2.51. The molecule has 1 aromatic carbocycles. The minimum atomic E-state index is 0.323. The zero-order valence-electron chi connectivity index (χ0n) is 14.5. The van der Waals surface area contributed by atoms with E-state index in [1.165, 1.54) is 0 Å².